The van der Waals surface area contributed by atoms with Crippen molar-refractivity contribution in [3.8, 4) is 0 Å². The third-order valence-corrected chi connectivity index (χ3v) is 4.45. The number of benzene rings is 1. The summed E-state index contributed by atoms with van der Waals surface area (Å²) in [5.74, 6) is -2.36. The van der Waals surface area contributed by atoms with Crippen molar-refractivity contribution in [2.45, 2.75) is 25.7 Å². The van der Waals surface area contributed by atoms with Crippen LogP contribution < -0.4 is 5.32 Å². The molecule has 2 atom stereocenters. The topological polar surface area (TPSA) is 66.4 Å². The molecule has 0 radical (unpaired) electrons. The lowest BCUT2D eigenvalue weighted by Gasteiger charge is -2.27. The molecule has 0 heterocycles. The highest BCUT2D eigenvalue weighted by atomic mass is 35.5. The molecule has 20 heavy (non-hydrogen) atoms. The van der Waals surface area contributed by atoms with Crippen LogP contribution in [0, 0.1) is 11.8 Å². The van der Waals surface area contributed by atoms with E-state index in [4.69, 9.17) is 23.2 Å². The fourth-order valence-electron chi connectivity index (χ4n) is 2.57. The molecular formula is C14H15Cl2NO3. The monoisotopic (exact) mass is 315 g/mol. The van der Waals surface area contributed by atoms with E-state index >= 15 is 0 Å². The molecule has 2 rings (SSSR count). The average Bonchev–Trinajstić information content (AvgIpc) is 2.43. The number of halogens is 2. The summed E-state index contributed by atoms with van der Waals surface area (Å²) in [6.45, 7) is 0. The van der Waals surface area contributed by atoms with Crippen molar-refractivity contribution >= 4 is 40.8 Å². The fourth-order valence-corrected chi connectivity index (χ4v) is 2.91. The van der Waals surface area contributed by atoms with Gasteiger partial charge in [-0.15, -0.1) is 0 Å². The van der Waals surface area contributed by atoms with Gasteiger partial charge in [-0.1, -0.05) is 42.1 Å². The summed E-state index contributed by atoms with van der Waals surface area (Å²) in [6, 6.07) is 4.95. The first-order chi connectivity index (χ1) is 9.50. The quantitative estimate of drug-likeness (QED) is 0.891. The first-order valence-corrected chi connectivity index (χ1v) is 7.24. The first kappa shape index (κ1) is 15.1. The van der Waals surface area contributed by atoms with Crippen LogP contribution in [0.3, 0.4) is 0 Å². The SMILES string of the molecule is O=C(O)[C@H]1CCCC[C@@H]1C(=O)Nc1cccc(Cl)c1Cl. The molecule has 1 amide bonds. The molecule has 0 aromatic heterocycles. The minimum Gasteiger partial charge on any atom is -0.481 e. The number of hydrogen-bond acceptors (Lipinski definition) is 2. The molecule has 6 heteroatoms. The number of rotatable bonds is 3. The zero-order valence-electron chi connectivity index (χ0n) is 10.7. The molecule has 0 bridgehead atoms. The molecule has 108 valence electrons. The Morgan fingerprint density at radius 3 is 2.45 bits per heavy atom. The highest BCUT2D eigenvalue weighted by molar-refractivity contribution is 6.44. The smallest absolute Gasteiger partial charge is 0.307 e. The Morgan fingerprint density at radius 1 is 1.15 bits per heavy atom. The summed E-state index contributed by atoms with van der Waals surface area (Å²) >= 11 is 11.9. The van der Waals surface area contributed by atoms with Gasteiger partial charge in [-0.3, -0.25) is 9.59 Å². The van der Waals surface area contributed by atoms with Gasteiger partial charge < -0.3 is 10.4 Å². The predicted molar refractivity (Wildman–Crippen MR) is 78.2 cm³/mol. The van der Waals surface area contributed by atoms with Crippen molar-refractivity contribution in [2.24, 2.45) is 11.8 Å². The molecule has 0 aliphatic heterocycles. The van der Waals surface area contributed by atoms with Crippen LogP contribution in [-0.4, -0.2) is 17.0 Å². The van der Waals surface area contributed by atoms with Crippen molar-refractivity contribution in [3.05, 3.63) is 28.2 Å². The Labute approximate surface area is 127 Å². The third kappa shape index (κ3) is 3.25. The highest BCUT2D eigenvalue weighted by Crippen LogP contribution is 2.33. The molecule has 1 aliphatic rings. The second kappa shape index (κ2) is 6.46. The maximum atomic E-state index is 12.3. The van der Waals surface area contributed by atoms with Gasteiger partial charge in [0.15, 0.2) is 0 Å². The maximum absolute atomic E-state index is 12.3. The van der Waals surface area contributed by atoms with Crippen LogP contribution >= 0.6 is 23.2 Å². The molecule has 2 N–H and O–H groups in total. The molecule has 1 aliphatic carbocycles. The third-order valence-electron chi connectivity index (χ3n) is 3.63. The van der Waals surface area contributed by atoms with E-state index in [1.807, 2.05) is 0 Å². The van der Waals surface area contributed by atoms with Crippen molar-refractivity contribution < 1.29 is 14.7 Å². The van der Waals surface area contributed by atoms with Gasteiger partial charge in [0.25, 0.3) is 0 Å². The number of aliphatic carboxylic acids is 1. The van der Waals surface area contributed by atoms with E-state index in [1.165, 1.54) is 0 Å². The summed E-state index contributed by atoms with van der Waals surface area (Å²) in [4.78, 5) is 23.5. The Bertz CT molecular complexity index is 533. The van der Waals surface area contributed by atoms with Gasteiger partial charge in [0.05, 0.1) is 27.6 Å². The van der Waals surface area contributed by atoms with E-state index in [1.54, 1.807) is 18.2 Å². The standard InChI is InChI=1S/C14H15Cl2NO3/c15-10-6-3-7-11(12(10)16)17-13(18)8-4-1-2-5-9(8)14(19)20/h3,6-9H,1-2,4-5H2,(H,17,18)(H,19,20)/t8-,9-/m0/s1. The van der Waals surface area contributed by atoms with E-state index < -0.39 is 17.8 Å². The molecule has 4 nitrogen and oxygen atoms in total. The van der Waals surface area contributed by atoms with E-state index in [2.05, 4.69) is 5.32 Å². The first-order valence-electron chi connectivity index (χ1n) is 6.48. The number of carbonyl (C=O) groups is 2. The summed E-state index contributed by atoms with van der Waals surface area (Å²) in [5, 5.41) is 12.5. The number of nitrogens with one attached hydrogen (secondary N) is 1. The van der Waals surface area contributed by atoms with E-state index in [-0.39, 0.29) is 10.9 Å². The van der Waals surface area contributed by atoms with Crippen LogP contribution in [0.5, 0.6) is 0 Å². The number of hydrogen-bond donors (Lipinski definition) is 2. The largest absolute Gasteiger partial charge is 0.481 e. The molecule has 0 unspecified atom stereocenters. The van der Waals surface area contributed by atoms with Gasteiger partial charge in [-0.2, -0.15) is 0 Å². The Morgan fingerprint density at radius 2 is 1.80 bits per heavy atom. The number of carboxylic acids is 1. The Balaban J connectivity index is 2.14. The number of carbonyl (C=O) groups excluding carboxylic acids is 1. The number of amides is 1. The highest BCUT2D eigenvalue weighted by Gasteiger charge is 2.35. The van der Waals surface area contributed by atoms with Crippen LogP contribution in [0.15, 0.2) is 18.2 Å². The Hall–Kier alpha value is -1.26. The number of carboxylic acid groups (broad SMARTS) is 1. The lowest BCUT2D eigenvalue weighted by molar-refractivity contribution is -0.147. The zero-order chi connectivity index (χ0) is 14.7. The van der Waals surface area contributed by atoms with Crippen molar-refractivity contribution in [3.63, 3.8) is 0 Å². The maximum Gasteiger partial charge on any atom is 0.307 e. The molecule has 1 aromatic carbocycles. The zero-order valence-corrected chi connectivity index (χ0v) is 12.2. The van der Waals surface area contributed by atoms with E-state index in [0.29, 0.717) is 23.6 Å². The lowest BCUT2D eigenvalue weighted by atomic mass is 9.78. The minimum absolute atomic E-state index is 0.269. The second-order valence-electron chi connectivity index (χ2n) is 4.93. The molecule has 1 fully saturated rings. The fraction of sp³-hybridized carbons (Fsp3) is 0.429. The summed E-state index contributed by atoms with van der Waals surface area (Å²) in [6.07, 6.45) is 2.83. The van der Waals surface area contributed by atoms with Gasteiger partial charge in [0.1, 0.15) is 0 Å². The summed E-state index contributed by atoms with van der Waals surface area (Å²) in [5.41, 5.74) is 0.416. The normalized spacial score (nSPS) is 22.3. The minimum atomic E-state index is -0.915. The molecule has 0 spiro atoms. The van der Waals surface area contributed by atoms with Crippen LogP contribution in [0.25, 0.3) is 0 Å². The Kier molecular flexibility index (Phi) is 4.89. The molecular weight excluding hydrogens is 301 g/mol. The van der Waals surface area contributed by atoms with Crippen LogP contribution in [-0.2, 0) is 9.59 Å². The number of anilines is 1. The second-order valence-corrected chi connectivity index (χ2v) is 5.71. The van der Waals surface area contributed by atoms with Gasteiger partial charge in [-0.05, 0) is 25.0 Å². The molecule has 1 aromatic rings. The van der Waals surface area contributed by atoms with Gasteiger partial charge in [-0.25, -0.2) is 0 Å². The van der Waals surface area contributed by atoms with Crippen LogP contribution in [0.4, 0.5) is 5.69 Å². The summed E-state index contributed by atoms with van der Waals surface area (Å²) < 4.78 is 0. The van der Waals surface area contributed by atoms with Gasteiger partial charge in [0, 0.05) is 0 Å². The van der Waals surface area contributed by atoms with Crippen LogP contribution in [0.1, 0.15) is 25.7 Å². The van der Waals surface area contributed by atoms with Gasteiger partial charge >= 0.3 is 5.97 Å². The van der Waals surface area contributed by atoms with Crippen molar-refractivity contribution in [2.75, 3.05) is 5.32 Å². The predicted octanol–water partition coefficient (Wildman–Crippen LogP) is 3.82. The van der Waals surface area contributed by atoms with Crippen molar-refractivity contribution in [1.82, 2.24) is 0 Å². The van der Waals surface area contributed by atoms with E-state index in [9.17, 15) is 14.7 Å². The summed E-state index contributed by atoms with van der Waals surface area (Å²) in [7, 11) is 0. The lowest BCUT2D eigenvalue weighted by Crippen LogP contribution is -2.36. The molecule has 1 saturated carbocycles. The van der Waals surface area contributed by atoms with Crippen molar-refractivity contribution in [1.29, 1.82) is 0 Å². The average molecular weight is 316 g/mol. The van der Waals surface area contributed by atoms with Gasteiger partial charge in [0.2, 0.25) is 5.91 Å². The van der Waals surface area contributed by atoms with E-state index in [0.717, 1.165) is 12.8 Å². The molecule has 0 saturated heterocycles. The van der Waals surface area contributed by atoms with Crippen LogP contribution in [0.2, 0.25) is 10.0 Å².